The van der Waals surface area contributed by atoms with Crippen molar-refractivity contribution >= 4 is 23.7 Å². The number of aliphatic carboxylic acids is 1. The van der Waals surface area contributed by atoms with E-state index in [0.29, 0.717) is 11.2 Å². The highest BCUT2D eigenvalue weighted by Crippen LogP contribution is 2.23. The number of piperidine rings is 1. The smallest absolute Gasteiger partial charge is 0.313 e. The maximum absolute atomic E-state index is 10.6. The van der Waals surface area contributed by atoms with E-state index in [1.807, 2.05) is 11.6 Å². The van der Waals surface area contributed by atoms with Gasteiger partial charge in [-0.05, 0) is 26.9 Å². The van der Waals surface area contributed by atoms with Gasteiger partial charge in [0.05, 0.1) is 5.75 Å². The molecule has 7 nitrogen and oxygen atoms in total. The number of hydrogen-bond acceptors (Lipinski definition) is 6. The van der Waals surface area contributed by atoms with Gasteiger partial charge >= 0.3 is 5.97 Å². The first kappa shape index (κ1) is 15.1. The first-order chi connectivity index (χ1) is 9.49. The van der Waals surface area contributed by atoms with Crippen LogP contribution in [-0.2, 0) is 11.8 Å². The molecule has 1 fully saturated rings. The molecular formula is C12H21N5O2S. The summed E-state index contributed by atoms with van der Waals surface area (Å²) in [6.45, 7) is 1.91. The lowest BCUT2D eigenvalue weighted by atomic mass is 10.0. The average molecular weight is 299 g/mol. The molecule has 0 aromatic carbocycles. The Labute approximate surface area is 123 Å². The van der Waals surface area contributed by atoms with Crippen molar-refractivity contribution in [1.29, 1.82) is 0 Å². The summed E-state index contributed by atoms with van der Waals surface area (Å²) in [6, 6.07) is 0.625. The summed E-state index contributed by atoms with van der Waals surface area (Å²) in [4.78, 5) is 15.1. The van der Waals surface area contributed by atoms with Gasteiger partial charge in [-0.2, -0.15) is 0 Å². The lowest BCUT2D eigenvalue weighted by Gasteiger charge is -2.35. The van der Waals surface area contributed by atoms with Crippen LogP contribution in [0.25, 0.3) is 0 Å². The van der Waals surface area contributed by atoms with Crippen molar-refractivity contribution in [3.05, 3.63) is 0 Å². The van der Waals surface area contributed by atoms with Gasteiger partial charge in [0.2, 0.25) is 5.95 Å². The van der Waals surface area contributed by atoms with Crippen LogP contribution in [-0.4, -0.2) is 69.7 Å². The van der Waals surface area contributed by atoms with Crippen molar-refractivity contribution in [2.24, 2.45) is 7.05 Å². The number of thioether (sulfide) groups is 1. The largest absolute Gasteiger partial charge is 0.481 e. The average Bonchev–Trinajstić information content (AvgIpc) is 2.78. The van der Waals surface area contributed by atoms with Crippen molar-refractivity contribution < 1.29 is 9.90 Å². The molecule has 1 aliphatic heterocycles. The van der Waals surface area contributed by atoms with Crippen LogP contribution in [0.5, 0.6) is 0 Å². The molecular weight excluding hydrogens is 278 g/mol. The van der Waals surface area contributed by atoms with Crippen LogP contribution >= 0.6 is 11.8 Å². The molecule has 1 N–H and O–H groups in total. The summed E-state index contributed by atoms with van der Waals surface area (Å²) in [5, 5.41) is 17.6. The van der Waals surface area contributed by atoms with E-state index in [-0.39, 0.29) is 5.75 Å². The van der Waals surface area contributed by atoms with Crippen LogP contribution < -0.4 is 4.90 Å². The summed E-state index contributed by atoms with van der Waals surface area (Å²) < 4.78 is 1.88. The molecule has 0 unspecified atom stereocenters. The van der Waals surface area contributed by atoms with Crippen molar-refractivity contribution in [1.82, 2.24) is 19.7 Å². The third-order valence-electron chi connectivity index (χ3n) is 3.61. The first-order valence-electron chi connectivity index (χ1n) is 6.64. The molecule has 0 amide bonds. The fourth-order valence-electron chi connectivity index (χ4n) is 2.42. The van der Waals surface area contributed by atoms with Gasteiger partial charge in [0.15, 0.2) is 5.16 Å². The molecule has 2 heterocycles. The highest BCUT2D eigenvalue weighted by molar-refractivity contribution is 7.99. The third-order valence-corrected chi connectivity index (χ3v) is 4.62. The maximum atomic E-state index is 10.6. The Morgan fingerprint density at radius 2 is 2.05 bits per heavy atom. The summed E-state index contributed by atoms with van der Waals surface area (Å²) in [7, 11) is 6.12. The molecule has 2 rings (SSSR count). The van der Waals surface area contributed by atoms with E-state index in [0.717, 1.165) is 31.9 Å². The Kier molecular flexibility index (Phi) is 4.87. The van der Waals surface area contributed by atoms with Crippen LogP contribution in [0.1, 0.15) is 12.8 Å². The van der Waals surface area contributed by atoms with Crippen molar-refractivity contribution in [3.8, 4) is 0 Å². The van der Waals surface area contributed by atoms with E-state index in [9.17, 15) is 4.79 Å². The zero-order valence-corrected chi connectivity index (χ0v) is 12.9. The van der Waals surface area contributed by atoms with Crippen molar-refractivity contribution in [3.63, 3.8) is 0 Å². The maximum Gasteiger partial charge on any atom is 0.313 e. The molecule has 112 valence electrons. The highest BCUT2D eigenvalue weighted by atomic mass is 32.2. The molecule has 0 atom stereocenters. The summed E-state index contributed by atoms with van der Waals surface area (Å²) >= 11 is 1.20. The molecule has 0 radical (unpaired) electrons. The molecule has 0 aliphatic carbocycles. The van der Waals surface area contributed by atoms with Crippen LogP contribution in [0, 0.1) is 0 Å². The molecule has 1 saturated heterocycles. The second-order valence-electron chi connectivity index (χ2n) is 5.21. The van der Waals surface area contributed by atoms with E-state index < -0.39 is 5.97 Å². The fourth-order valence-corrected chi connectivity index (χ4v) is 3.04. The number of rotatable bonds is 5. The number of nitrogens with zero attached hydrogens (tertiary/aromatic N) is 5. The molecule has 1 aliphatic rings. The van der Waals surface area contributed by atoms with Gasteiger partial charge in [0, 0.05) is 26.2 Å². The monoisotopic (exact) mass is 299 g/mol. The number of carbonyl (C=O) groups is 1. The van der Waals surface area contributed by atoms with Gasteiger partial charge in [-0.3, -0.25) is 9.36 Å². The second kappa shape index (κ2) is 6.45. The van der Waals surface area contributed by atoms with Gasteiger partial charge in [-0.15, -0.1) is 10.2 Å². The minimum atomic E-state index is -0.841. The predicted molar refractivity (Wildman–Crippen MR) is 78.3 cm³/mol. The second-order valence-corrected chi connectivity index (χ2v) is 6.15. The Morgan fingerprint density at radius 1 is 1.40 bits per heavy atom. The van der Waals surface area contributed by atoms with Gasteiger partial charge in [-0.1, -0.05) is 11.8 Å². The van der Waals surface area contributed by atoms with E-state index >= 15 is 0 Å². The lowest BCUT2D eigenvalue weighted by Crippen LogP contribution is -2.42. The van der Waals surface area contributed by atoms with Crippen LogP contribution in [0.4, 0.5) is 5.95 Å². The highest BCUT2D eigenvalue weighted by Gasteiger charge is 2.24. The number of carboxylic acids is 1. The van der Waals surface area contributed by atoms with Gasteiger partial charge < -0.3 is 14.9 Å². The molecule has 0 saturated carbocycles. The van der Waals surface area contributed by atoms with Gasteiger partial charge in [-0.25, -0.2) is 0 Å². The van der Waals surface area contributed by atoms with E-state index in [4.69, 9.17) is 5.11 Å². The van der Waals surface area contributed by atoms with Crippen molar-refractivity contribution in [2.45, 2.75) is 24.0 Å². The van der Waals surface area contributed by atoms with Crippen LogP contribution in [0.3, 0.4) is 0 Å². The Balaban J connectivity index is 1.98. The number of carboxylic acid groups (broad SMARTS) is 1. The normalized spacial score (nSPS) is 16.9. The predicted octanol–water partition coefficient (Wildman–Crippen LogP) is 0.522. The van der Waals surface area contributed by atoms with Gasteiger partial charge in [0.25, 0.3) is 0 Å². The summed E-state index contributed by atoms with van der Waals surface area (Å²) in [5.74, 6) is -0.00395. The van der Waals surface area contributed by atoms with Crippen LogP contribution in [0.2, 0.25) is 0 Å². The van der Waals surface area contributed by atoms with Crippen molar-refractivity contribution in [2.75, 3.05) is 37.8 Å². The molecule has 1 aromatic rings. The zero-order chi connectivity index (χ0) is 14.7. The Hall–Kier alpha value is -1.28. The van der Waals surface area contributed by atoms with E-state index in [1.165, 1.54) is 11.8 Å². The van der Waals surface area contributed by atoms with Crippen LogP contribution in [0.15, 0.2) is 5.16 Å². The minimum Gasteiger partial charge on any atom is -0.481 e. The molecule has 0 bridgehead atoms. The standard InChI is InChI=1S/C12H21N5O2S/c1-15(2)9-4-6-17(7-5-9)11-13-14-12(16(11)3)20-8-10(18)19/h9H,4-8H2,1-3H3,(H,18,19). The van der Waals surface area contributed by atoms with Gasteiger partial charge in [0.1, 0.15) is 0 Å². The summed E-state index contributed by atoms with van der Waals surface area (Å²) in [6.07, 6.45) is 2.22. The third kappa shape index (κ3) is 3.43. The lowest BCUT2D eigenvalue weighted by molar-refractivity contribution is -0.133. The topological polar surface area (TPSA) is 74.5 Å². The molecule has 1 aromatic heterocycles. The Bertz CT molecular complexity index is 468. The Morgan fingerprint density at radius 3 is 2.60 bits per heavy atom. The number of hydrogen-bond donors (Lipinski definition) is 1. The number of aromatic nitrogens is 3. The first-order valence-corrected chi connectivity index (χ1v) is 7.63. The summed E-state index contributed by atoms with van der Waals surface area (Å²) in [5.41, 5.74) is 0. The molecule has 20 heavy (non-hydrogen) atoms. The minimum absolute atomic E-state index is 0.00861. The quantitative estimate of drug-likeness (QED) is 0.795. The zero-order valence-electron chi connectivity index (χ0n) is 12.1. The molecule has 8 heteroatoms. The number of anilines is 1. The fraction of sp³-hybridized carbons (Fsp3) is 0.750. The molecule has 0 spiro atoms. The van der Waals surface area contributed by atoms with E-state index in [1.54, 1.807) is 0 Å². The SMILES string of the molecule is CN(C)C1CCN(c2nnc(SCC(=O)O)n2C)CC1. The van der Waals surface area contributed by atoms with E-state index in [2.05, 4.69) is 34.1 Å².